The summed E-state index contributed by atoms with van der Waals surface area (Å²) in [6.45, 7) is 0.109. The van der Waals surface area contributed by atoms with Gasteiger partial charge in [0, 0.05) is 18.4 Å². The average Bonchev–Trinajstić information content (AvgIpc) is 3.33. The number of aromatic nitrogens is 1. The Hall–Kier alpha value is -4.46. The molecule has 0 atom stereocenters. The summed E-state index contributed by atoms with van der Waals surface area (Å²) in [5.74, 6) is -0.783. The van der Waals surface area contributed by atoms with Gasteiger partial charge in [0.05, 0.1) is 28.6 Å². The highest BCUT2D eigenvalue weighted by Gasteiger charge is 2.18. The van der Waals surface area contributed by atoms with Gasteiger partial charge >= 0.3 is 0 Å². The summed E-state index contributed by atoms with van der Waals surface area (Å²) >= 11 is 0. The van der Waals surface area contributed by atoms with Crippen molar-refractivity contribution in [2.45, 2.75) is 6.42 Å². The highest BCUT2D eigenvalue weighted by molar-refractivity contribution is 6.15. The van der Waals surface area contributed by atoms with Crippen LogP contribution in [0.15, 0.2) is 77.4 Å². The smallest absolute Gasteiger partial charge is 0.256 e. The maximum absolute atomic E-state index is 13.3. The van der Waals surface area contributed by atoms with Crippen molar-refractivity contribution in [1.29, 1.82) is 0 Å². The number of nitrogens with one attached hydrogen (secondary N) is 2. The van der Waals surface area contributed by atoms with E-state index in [2.05, 4.69) is 15.6 Å². The van der Waals surface area contributed by atoms with E-state index in [4.69, 9.17) is 10.2 Å². The lowest BCUT2D eigenvalue weighted by Crippen LogP contribution is -2.28. The Kier molecular flexibility index (Phi) is 5.94. The van der Waals surface area contributed by atoms with E-state index in [-0.39, 0.29) is 18.5 Å². The predicted molar refractivity (Wildman–Crippen MR) is 120 cm³/mol. The van der Waals surface area contributed by atoms with Gasteiger partial charge in [-0.3, -0.25) is 14.4 Å². The van der Waals surface area contributed by atoms with Crippen molar-refractivity contribution in [1.82, 2.24) is 10.3 Å². The van der Waals surface area contributed by atoms with Crippen molar-refractivity contribution < 1.29 is 18.8 Å². The number of nitrogens with zero attached hydrogens (tertiary/aromatic N) is 1. The maximum atomic E-state index is 13.3. The fourth-order valence-corrected chi connectivity index (χ4v) is 3.29. The van der Waals surface area contributed by atoms with Crippen molar-refractivity contribution in [2.75, 3.05) is 11.9 Å². The first-order chi connectivity index (χ1) is 15.5. The van der Waals surface area contributed by atoms with E-state index in [1.807, 2.05) is 24.3 Å². The molecule has 2 aromatic carbocycles. The summed E-state index contributed by atoms with van der Waals surface area (Å²) in [7, 11) is 0. The summed E-state index contributed by atoms with van der Waals surface area (Å²) in [5, 5.41) is 6.12. The summed E-state index contributed by atoms with van der Waals surface area (Å²) in [6.07, 6.45) is 1.57. The van der Waals surface area contributed by atoms with E-state index >= 15 is 0 Å². The van der Waals surface area contributed by atoms with E-state index in [1.54, 1.807) is 48.7 Å². The molecule has 8 nitrogen and oxygen atoms in total. The van der Waals surface area contributed by atoms with Crippen molar-refractivity contribution >= 4 is 34.3 Å². The molecule has 0 bridgehead atoms. The van der Waals surface area contributed by atoms with Gasteiger partial charge in [-0.15, -0.1) is 0 Å². The number of furan rings is 1. The van der Waals surface area contributed by atoms with Gasteiger partial charge in [-0.25, -0.2) is 4.98 Å². The quantitative estimate of drug-likeness (QED) is 0.416. The molecule has 0 spiro atoms. The third-order valence-corrected chi connectivity index (χ3v) is 4.81. The Morgan fingerprint density at radius 3 is 2.47 bits per heavy atom. The molecule has 8 heteroatoms. The number of carbonyl (C=O) groups excluding carboxylic acids is 3. The summed E-state index contributed by atoms with van der Waals surface area (Å²) in [5.41, 5.74) is 7.29. The van der Waals surface area contributed by atoms with Crippen LogP contribution in [0, 0.1) is 0 Å². The molecule has 0 aliphatic carbocycles. The van der Waals surface area contributed by atoms with E-state index in [0.29, 0.717) is 33.6 Å². The lowest BCUT2D eigenvalue weighted by molar-refractivity contribution is -0.117. The number of nitrogens with two attached hydrogens (primary N) is 1. The normalized spacial score (nSPS) is 10.6. The van der Waals surface area contributed by atoms with Gasteiger partial charge in [-0.05, 0) is 36.4 Å². The highest BCUT2D eigenvalue weighted by Crippen LogP contribution is 2.26. The van der Waals surface area contributed by atoms with Gasteiger partial charge in [-0.2, -0.15) is 0 Å². The molecule has 4 rings (SSSR count). The van der Waals surface area contributed by atoms with Gasteiger partial charge < -0.3 is 20.8 Å². The van der Waals surface area contributed by atoms with Gasteiger partial charge in [0.1, 0.15) is 5.69 Å². The zero-order valence-electron chi connectivity index (χ0n) is 17.0. The van der Waals surface area contributed by atoms with Crippen molar-refractivity contribution in [3.63, 3.8) is 0 Å². The number of benzene rings is 2. The minimum atomic E-state index is -0.510. The second-order valence-corrected chi connectivity index (χ2v) is 7.02. The number of rotatable bonds is 7. The molecule has 0 aliphatic heterocycles. The van der Waals surface area contributed by atoms with Crippen LogP contribution in [0.4, 0.5) is 5.69 Å². The number of anilines is 1. The average molecular weight is 428 g/mol. The van der Waals surface area contributed by atoms with Crippen LogP contribution < -0.4 is 16.4 Å². The molecule has 2 aromatic heterocycles. The molecular formula is C24H20N4O4. The molecular weight excluding hydrogens is 408 g/mol. The molecule has 0 fully saturated rings. The molecule has 3 amide bonds. The number of fused-ring (bicyclic) bond motifs is 1. The first kappa shape index (κ1) is 20.8. The monoisotopic (exact) mass is 428 g/mol. The Morgan fingerprint density at radius 1 is 0.906 bits per heavy atom. The number of amides is 3. The van der Waals surface area contributed by atoms with Crippen molar-refractivity contribution in [3.05, 3.63) is 84.1 Å². The SMILES string of the molecule is NC(=O)CCNC(=O)c1ccccc1NC(=O)c1cc(-c2ccco2)nc2ccccc12. The topological polar surface area (TPSA) is 127 Å². The Morgan fingerprint density at radius 2 is 1.69 bits per heavy atom. The molecule has 0 saturated carbocycles. The van der Waals surface area contributed by atoms with E-state index < -0.39 is 17.7 Å². The van der Waals surface area contributed by atoms with Crippen LogP contribution >= 0.6 is 0 Å². The third-order valence-electron chi connectivity index (χ3n) is 4.81. The number of hydrogen-bond acceptors (Lipinski definition) is 5. The minimum absolute atomic E-state index is 0.0266. The van der Waals surface area contributed by atoms with Gasteiger partial charge in [0.25, 0.3) is 11.8 Å². The standard InChI is InChI=1S/C24H20N4O4/c25-22(29)11-12-26-23(30)16-7-2-4-9-19(16)28-24(31)17-14-20(21-10-5-13-32-21)27-18-8-3-1-6-15(17)18/h1-10,13-14H,11-12H2,(H2,25,29)(H,26,30)(H,28,31). The van der Waals surface area contributed by atoms with Crippen LogP contribution in [0.25, 0.3) is 22.4 Å². The molecule has 0 aliphatic rings. The van der Waals surface area contributed by atoms with Crippen LogP contribution in [-0.4, -0.2) is 29.3 Å². The van der Waals surface area contributed by atoms with Crippen molar-refractivity contribution in [3.8, 4) is 11.5 Å². The highest BCUT2D eigenvalue weighted by atomic mass is 16.3. The summed E-state index contributed by atoms with van der Waals surface area (Å²) < 4.78 is 5.45. The minimum Gasteiger partial charge on any atom is -0.463 e. The fraction of sp³-hybridized carbons (Fsp3) is 0.0833. The molecule has 4 aromatic rings. The molecule has 4 N–H and O–H groups in total. The number of para-hydroxylation sites is 2. The number of pyridine rings is 1. The number of primary amides is 1. The van der Waals surface area contributed by atoms with E-state index in [9.17, 15) is 14.4 Å². The lowest BCUT2D eigenvalue weighted by Gasteiger charge is -2.13. The van der Waals surface area contributed by atoms with Crippen LogP contribution in [0.1, 0.15) is 27.1 Å². The molecule has 32 heavy (non-hydrogen) atoms. The second kappa shape index (κ2) is 9.13. The van der Waals surface area contributed by atoms with E-state index in [0.717, 1.165) is 0 Å². The first-order valence-corrected chi connectivity index (χ1v) is 9.93. The third kappa shape index (κ3) is 4.49. The molecule has 160 valence electrons. The lowest BCUT2D eigenvalue weighted by atomic mass is 10.1. The van der Waals surface area contributed by atoms with Gasteiger partial charge in [-0.1, -0.05) is 30.3 Å². The van der Waals surface area contributed by atoms with Crippen LogP contribution in [0.5, 0.6) is 0 Å². The van der Waals surface area contributed by atoms with Crippen LogP contribution in [-0.2, 0) is 4.79 Å². The molecule has 0 radical (unpaired) electrons. The fourth-order valence-electron chi connectivity index (χ4n) is 3.29. The molecule has 0 saturated heterocycles. The molecule has 2 heterocycles. The summed E-state index contributed by atoms with van der Waals surface area (Å²) in [6, 6.07) is 19.1. The zero-order chi connectivity index (χ0) is 22.5. The zero-order valence-corrected chi connectivity index (χ0v) is 17.0. The summed E-state index contributed by atoms with van der Waals surface area (Å²) in [4.78, 5) is 41.3. The Bertz CT molecular complexity index is 1300. The van der Waals surface area contributed by atoms with Gasteiger partial charge in [0.2, 0.25) is 5.91 Å². The molecule has 0 unspecified atom stereocenters. The number of hydrogen-bond donors (Lipinski definition) is 3. The largest absolute Gasteiger partial charge is 0.463 e. The first-order valence-electron chi connectivity index (χ1n) is 9.93. The number of carbonyl (C=O) groups is 3. The Labute approximate surface area is 183 Å². The second-order valence-electron chi connectivity index (χ2n) is 7.02. The predicted octanol–water partition coefficient (Wildman–Crippen LogP) is 3.35. The van der Waals surface area contributed by atoms with Gasteiger partial charge in [0.15, 0.2) is 5.76 Å². The van der Waals surface area contributed by atoms with Crippen molar-refractivity contribution in [2.24, 2.45) is 5.73 Å². The van der Waals surface area contributed by atoms with E-state index in [1.165, 1.54) is 0 Å². The Balaban J connectivity index is 1.65. The van der Waals surface area contributed by atoms with Crippen LogP contribution in [0.2, 0.25) is 0 Å². The van der Waals surface area contributed by atoms with Crippen LogP contribution in [0.3, 0.4) is 0 Å². The maximum Gasteiger partial charge on any atom is 0.256 e.